The van der Waals surface area contributed by atoms with Crippen molar-refractivity contribution in [1.82, 2.24) is 13.9 Å². The predicted octanol–water partition coefficient (Wildman–Crippen LogP) is 1.96. The smallest absolute Gasteiger partial charge is 0.282 e. The summed E-state index contributed by atoms with van der Waals surface area (Å²) in [6, 6.07) is 0.302. The molecule has 6 heteroatoms. The molecule has 2 rings (SSSR count). The standard InChI is InChI=1S/C15H31N3O2S/c1-16-13-15-11-7-8-12-18(15)21(19,20)17(2)14-9-5-3-4-6-10-14/h14-16H,3-13H2,1-2H3. The molecule has 0 bridgehead atoms. The van der Waals surface area contributed by atoms with E-state index in [2.05, 4.69) is 5.32 Å². The average Bonchev–Trinajstić information content (AvgIpc) is 2.76. The van der Waals surface area contributed by atoms with Crippen molar-refractivity contribution < 1.29 is 8.42 Å². The largest absolute Gasteiger partial charge is 0.318 e. The van der Waals surface area contributed by atoms with Gasteiger partial charge in [-0.05, 0) is 32.7 Å². The van der Waals surface area contributed by atoms with Gasteiger partial charge >= 0.3 is 0 Å². The van der Waals surface area contributed by atoms with Gasteiger partial charge in [-0.15, -0.1) is 0 Å². The van der Waals surface area contributed by atoms with Gasteiger partial charge in [0.2, 0.25) is 0 Å². The van der Waals surface area contributed by atoms with E-state index in [-0.39, 0.29) is 12.1 Å². The minimum Gasteiger partial charge on any atom is -0.318 e. The number of hydrogen-bond acceptors (Lipinski definition) is 3. The van der Waals surface area contributed by atoms with E-state index in [1.807, 2.05) is 7.05 Å². The van der Waals surface area contributed by atoms with Crippen LogP contribution in [0.3, 0.4) is 0 Å². The lowest BCUT2D eigenvalue weighted by Crippen LogP contribution is -2.54. The minimum absolute atomic E-state index is 0.113. The van der Waals surface area contributed by atoms with Crippen molar-refractivity contribution in [2.45, 2.75) is 69.9 Å². The second kappa shape index (κ2) is 7.90. The Morgan fingerprint density at radius 3 is 2.29 bits per heavy atom. The zero-order valence-electron chi connectivity index (χ0n) is 13.6. The van der Waals surface area contributed by atoms with Crippen LogP contribution in [0.4, 0.5) is 0 Å². The Bertz CT molecular complexity index is 403. The number of piperidine rings is 1. The quantitative estimate of drug-likeness (QED) is 0.789. The van der Waals surface area contributed by atoms with E-state index in [4.69, 9.17) is 0 Å². The van der Waals surface area contributed by atoms with Crippen LogP contribution in [-0.4, -0.2) is 56.3 Å². The summed E-state index contributed by atoms with van der Waals surface area (Å²) in [6.07, 6.45) is 9.92. The lowest BCUT2D eigenvalue weighted by molar-refractivity contribution is 0.220. The lowest BCUT2D eigenvalue weighted by atomic mass is 10.1. The van der Waals surface area contributed by atoms with Gasteiger partial charge in [-0.1, -0.05) is 32.1 Å². The molecular formula is C15H31N3O2S. The lowest BCUT2D eigenvalue weighted by Gasteiger charge is -2.39. The van der Waals surface area contributed by atoms with E-state index >= 15 is 0 Å². The fourth-order valence-electron chi connectivity index (χ4n) is 3.69. The summed E-state index contributed by atoms with van der Waals surface area (Å²) >= 11 is 0. The summed E-state index contributed by atoms with van der Waals surface area (Å²) < 4.78 is 29.4. The summed E-state index contributed by atoms with van der Waals surface area (Å²) in [7, 11) is 0.363. The maximum Gasteiger partial charge on any atom is 0.282 e. The van der Waals surface area contributed by atoms with Gasteiger partial charge in [0.15, 0.2) is 0 Å². The second-order valence-electron chi connectivity index (χ2n) is 6.49. The van der Waals surface area contributed by atoms with Crippen LogP contribution in [0, 0.1) is 0 Å². The molecule has 0 aromatic carbocycles. The molecule has 0 radical (unpaired) electrons. The Morgan fingerprint density at radius 1 is 1.05 bits per heavy atom. The van der Waals surface area contributed by atoms with Crippen molar-refractivity contribution >= 4 is 10.2 Å². The highest BCUT2D eigenvalue weighted by atomic mass is 32.2. The highest BCUT2D eigenvalue weighted by Crippen LogP contribution is 2.27. The highest BCUT2D eigenvalue weighted by molar-refractivity contribution is 7.86. The highest BCUT2D eigenvalue weighted by Gasteiger charge is 2.37. The Balaban J connectivity index is 2.10. The third-order valence-electron chi connectivity index (χ3n) is 5.01. The molecule has 0 amide bonds. The molecule has 5 nitrogen and oxygen atoms in total. The van der Waals surface area contributed by atoms with Gasteiger partial charge in [0, 0.05) is 32.2 Å². The zero-order valence-corrected chi connectivity index (χ0v) is 14.4. The topological polar surface area (TPSA) is 52.7 Å². The van der Waals surface area contributed by atoms with Gasteiger partial charge in [-0.3, -0.25) is 0 Å². The predicted molar refractivity (Wildman–Crippen MR) is 86.4 cm³/mol. The molecule has 0 spiro atoms. The van der Waals surface area contributed by atoms with E-state index < -0.39 is 10.2 Å². The first-order valence-corrected chi connectivity index (χ1v) is 9.86. The number of nitrogens with one attached hydrogen (secondary N) is 1. The van der Waals surface area contributed by atoms with Crippen LogP contribution in [-0.2, 0) is 10.2 Å². The van der Waals surface area contributed by atoms with Crippen LogP contribution in [0.1, 0.15) is 57.8 Å². The third kappa shape index (κ3) is 4.18. The molecule has 1 atom stereocenters. The number of nitrogens with zero attached hydrogens (tertiary/aromatic N) is 2. The Labute approximate surface area is 130 Å². The molecule has 2 fully saturated rings. The van der Waals surface area contributed by atoms with Crippen molar-refractivity contribution in [3.05, 3.63) is 0 Å². The van der Waals surface area contributed by atoms with Crippen LogP contribution >= 0.6 is 0 Å². The van der Waals surface area contributed by atoms with Crippen LogP contribution < -0.4 is 5.32 Å². The Hall–Kier alpha value is -0.170. The van der Waals surface area contributed by atoms with E-state index in [1.165, 1.54) is 12.8 Å². The van der Waals surface area contributed by atoms with Crippen LogP contribution in [0.15, 0.2) is 0 Å². The fraction of sp³-hybridized carbons (Fsp3) is 1.00. The zero-order chi connectivity index (χ0) is 15.3. The molecule has 1 aliphatic carbocycles. The molecule has 21 heavy (non-hydrogen) atoms. The van der Waals surface area contributed by atoms with Gasteiger partial charge in [0.1, 0.15) is 0 Å². The van der Waals surface area contributed by atoms with Gasteiger partial charge in [0.25, 0.3) is 10.2 Å². The third-order valence-corrected chi connectivity index (χ3v) is 7.11. The van der Waals surface area contributed by atoms with Crippen molar-refractivity contribution in [1.29, 1.82) is 0 Å². The Morgan fingerprint density at radius 2 is 1.67 bits per heavy atom. The molecule has 1 saturated carbocycles. The van der Waals surface area contributed by atoms with Crippen molar-refractivity contribution in [3.8, 4) is 0 Å². The van der Waals surface area contributed by atoms with E-state index in [1.54, 1.807) is 15.7 Å². The molecule has 2 aliphatic rings. The Kier molecular flexibility index (Phi) is 6.47. The number of rotatable bonds is 5. The van der Waals surface area contributed by atoms with Crippen LogP contribution in [0.2, 0.25) is 0 Å². The van der Waals surface area contributed by atoms with Gasteiger partial charge in [0.05, 0.1) is 0 Å². The normalized spacial score (nSPS) is 26.9. The van der Waals surface area contributed by atoms with Crippen LogP contribution in [0.5, 0.6) is 0 Å². The van der Waals surface area contributed by atoms with Crippen molar-refractivity contribution in [2.24, 2.45) is 0 Å². The molecular weight excluding hydrogens is 286 g/mol. The van der Waals surface area contributed by atoms with Crippen LogP contribution in [0.25, 0.3) is 0 Å². The first-order valence-electron chi connectivity index (χ1n) is 8.46. The maximum absolute atomic E-state index is 13.0. The minimum atomic E-state index is -3.32. The van der Waals surface area contributed by atoms with E-state index in [9.17, 15) is 8.42 Å². The molecule has 1 N–H and O–H groups in total. The maximum atomic E-state index is 13.0. The fourth-order valence-corrected chi connectivity index (χ4v) is 5.53. The van der Waals surface area contributed by atoms with Gasteiger partial charge in [-0.2, -0.15) is 17.0 Å². The molecule has 1 saturated heterocycles. The summed E-state index contributed by atoms with van der Waals surface area (Å²) in [5.41, 5.74) is 0. The average molecular weight is 317 g/mol. The van der Waals surface area contributed by atoms with E-state index in [0.717, 1.165) is 51.5 Å². The first kappa shape index (κ1) is 17.2. The molecule has 0 aromatic heterocycles. The van der Waals surface area contributed by atoms with Crippen molar-refractivity contribution in [3.63, 3.8) is 0 Å². The molecule has 1 aliphatic heterocycles. The van der Waals surface area contributed by atoms with Crippen molar-refractivity contribution in [2.75, 3.05) is 27.2 Å². The van der Waals surface area contributed by atoms with Gasteiger partial charge < -0.3 is 5.32 Å². The van der Waals surface area contributed by atoms with Gasteiger partial charge in [-0.25, -0.2) is 0 Å². The summed E-state index contributed by atoms with van der Waals surface area (Å²) in [6.45, 7) is 1.42. The molecule has 0 aromatic rings. The van der Waals surface area contributed by atoms with E-state index in [0.29, 0.717) is 6.54 Å². The monoisotopic (exact) mass is 317 g/mol. The summed E-state index contributed by atoms with van der Waals surface area (Å²) in [5.74, 6) is 0. The summed E-state index contributed by atoms with van der Waals surface area (Å²) in [5, 5.41) is 3.14. The summed E-state index contributed by atoms with van der Waals surface area (Å²) in [4.78, 5) is 0. The number of hydrogen-bond donors (Lipinski definition) is 1. The SMILES string of the molecule is CNCC1CCCCN1S(=O)(=O)N(C)C1CCCCCC1. The molecule has 124 valence electrons. The first-order chi connectivity index (χ1) is 10.1. The molecule has 1 heterocycles. The molecule has 1 unspecified atom stereocenters. The number of likely N-dealkylation sites (N-methyl/N-ethyl adjacent to an activating group) is 1. The second-order valence-corrected chi connectivity index (χ2v) is 8.43.